The third-order valence-electron chi connectivity index (χ3n) is 4.28. The molecule has 27 heavy (non-hydrogen) atoms. The molecule has 0 spiro atoms. The Morgan fingerprint density at radius 3 is 2.70 bits per heavy atom. The predicted octanol–water partition coefficient (Wildman–Crippen LogP) is 4.77. The first-order valence-electron chi connectivity index (χ1n) is 8.90. The van der Waals surface area contributed by atoms with Crippen molar-refractivity contribution in [2.24, 2.45) is 0 Å². The van der Waals surface area contributed by atoms with E-state index in [0.717, 1.165) is 22.8 Å². The highest BCUT2D eigenvalue weighted by Crippen LogP contribution is 2.35. The number of nitrogens with one attached hydrogen (secondary N) is 1. The number of carbonyl (C=O) groups is 1. The molecule has 144 valence electrons. The zero-order valence-corrected chi connectivity index (χ0v) is 15.6. The van der Waals surface area contributed by atoms with Crippen LogP contribution in [0.1, 0.15) is 38.0 Å². The number of benzene rings is 2. The monoisotopic (exact) mass is 375 g/mol. The summed E-state index contributed by atoms with van der Waals surface area (Å²) in [4.78, 5) is 11.9. The molecule has 0 radical (unpaired) electrons. The molecule has 1 aliphatic rings. The summed E-state index contributed by atoms with van der Waals surface area (Å²) in [6, 6.07) is 9.11. The number of rotatable bonds is 3. The van der Waals surface area contributed by atoms with Gasteiger partial charge in [-0.05, 0) is 56.0 Å². The molecule has 0 saturated carbocycles. The van der Waals surface area contributed by atoms with E-state index in [4.69, 9.17) is 9.47 Å². The van der Waals surface area contributed by atoms with Crippen LogP contribution in [-0.4, -0.2) is 24.8 Å². The highest BCUT2D eigenvalue weighted by atomic mass is 19.1. The number of ether oxygens (including phenoxy) is 2. The Labute approximate surface area is 157 Å². The van der Waals surface area contributed by atoms with Crippen molar-refractivity contribution >= 4 is 6.09 Å². The molecule has 1 N–H and O–H groups in total. The summed E-state index contributed by atoms with van der Waals surface area (Å²) in [5, 5.41) is 2.72. The second kappa shape index (κ2) is 7.64. The maximum Gasteiger partial charge on any atom is 0.407 e. The lowest BCUT2D eigenvalue weighted by atomic mass is 9.89. The van der Waals surface area contributed by atoms with Gasteiger partial charge < -0.3 is 14.8 Å². The van der Waals surface area contributed by atoms with Crippen molar-refractivity contribution in [1.29, 1.82) is 0 Å². The predicted molar refractivity (Wildman–Crippen MR) is 98.4 cm³/mol. The molecule has 2 aromatic rings. The lowest BCUT2D eigenvalue weighted by molar-refractivity contribution is 0.0289. The van der Waals surface area contributed by atoms with Gasteiger partial charge in [-0.25, -0.2) is 13.6 Å². The molecule has 0 aromatic heterocycles. The Hall–Kier alpha value is -2.47. The Morgan fingerprint density at radius 1 is 1.22 bits per heavy atom. The van der Waals surface area contributed by atoms with Crippen molar-refractivity contribution in [3.05, 3.63) is 59.2 Å². The topological polar surface area (TPSA) is 47.6 Å². The van der Waals surface area contributed by atoms with Crippen molar-refractivity contribution in [2.75, 3.05) is 13.2 Å². The SMILES string of the molecule is CC(C)(C)OC(=O)NCC1OCCc2c(-c3ccc(F)cc3F)cccc21. The fourth-order valence-electron chi connectivity index (χ4n) is 3.20. The van der Waals surface area contributed by atoms with Gasteiger partial charge >= 0.3 is 6.09 Å². The van der Waals surface area contributed by atoms with E-state index in [1.54, 1.807) is 20.8 Å². The lowest BCUT2D eigenvalue weighted by Crippen LogP contribution is -2.36. The maximum atomic E-state index is 14.3. The molecule has 3 rings (SSSR count). The summed E-state index contributed by atoms with van der Waals surface area (Å²) in [6.45, 7) is 6.08. The van der Waals surface area contributed by atoms with Crippen LogP contribution in [0.4, 0.5) is 13.6 Å². The van der Waals surface area contributed by atoms with Crippen LogP contribution in [0.15, 0.2) is 36.4 Å². The highest BCUT2D eigenvalue weighted by Gasteiger charge is 2.25. The molecule has 0 aliphatic carbocycles. The number of amides is 1. The van der Waals surface area contributed by atoms with Gasteiger partial charge in [-0.15, -0.1) is 0 Å². The van der Waals surface area contributed by atoms with Crippen molar-refractivity contribution in [2.45, 2.75) is 38.9 Å². The lowest BCUT2D eigenvalue weighted by Gasteiger charge is -2.28. The number of halogens is 2. The van der Waals surface area contributed by atoms with Crippen LogP contribution in [0, 0.1) is 11.6 Å². The van der Waals surface area contributed by atoms with Crippen molar-refractivity contribution < 1.29 is 23.0 Å². The van der Waals surface area contributed by atoms with Gasteiger partial charge in [0.25, 0.3) is 0 Å². The van der Waals surface area contributed by atoms with Gasteiger partial charge in [0, 0.05) is 11.6 Å². The molecule has 4 nitrogen and oxygen atoms in total. The van der Waals surface area contributed by atoms with Crippen molar-refractivity contribution in [1.82, 2.24) is 5.32 Å². The Balaban J connectivity index is 1.83. The molecule has 0 saturated heterocycles. The minimum atomic E-state index is -0.608. The molecular weight excluding hydrogens is 352 g/mol. The van der Waals surface area contributed by atoms with E-state index in [0.29, 0.717) is 18.6 Å². The average Bonchev–Trinajstić information content (AvgIpc) is 2.58. The summed E-state index contributed by atoms with van der Waals surface area (Å²) in [6.07, 6.45) is -0.255. The smallest absolute Gasteiger partial charge is 0.407 e. The van der Waals surface area contributed by atoms with Crippen LogP contribution in [0.5, 0.6) is 0 Å². The Morgan fingerprint density at radius 2 is 2.00 bits per heavy atom. The van der Waals surface area contributed by atoms with Gasteiger partial charge in [-0.1, -0.05) is 18.2 Å². The van der Waals surface area contributed by atoms with Gasteiger partial charge in [-0.3, -0.25) is 0 Å². The minimum absolute atomic E-state index is 0.247. The van der Waals surface area contributed by atoms with Crippen LogP contribution in [0.2, 0.25) is 0 Å². The maximum absolute atomic E-state index is 14.3. The van der Waals surface area contributed by atoms with E-state index in [1.807, 2.05) is 18.2 Å². The summed E-state index contributed by atoms with van der Waals surface area (Å²) < 4.78 is 38.6. The van der Waals surface area contributed by atoms with E-state index >= 15 is 0 Å². The van der Waals surface area contributed by atoms with Crippen LogP contribution in [0.3, 0.4) is 0 Å². The molecule has 0 bridgehead atoms. The van der Waals surface area contributed by atoms with Crippen LogP contribution in [-0.2, 0) is 15.9 Å². The van der Waals surface area contributed by atoms with E-state index in [-0.39, 0.29) is 12.6 Å². The number of carbonyl (C=O) groups excluding carboxylic acids is 1. The quantitative estimate of drug-likeness (QED) is 0.841. The number of fused-ring (bicyclic) bond motifs is 1. The fourth-order valence-corrected chi connectivity index (χ4v) is 3.20. The van der Waals surface area contributed by atoms with E-state index < -0.39 is 23.3 Å². The normalized spacial score (nSPS) is 16.6. The first-order chi connectivity index (χ1) is 12.7. The van der Waals surface area contributed by atoms with Crippen molar-refractivity contribution in [3.63, 3.8) is 0 Å². The zero-order chi connectivity index (χ0) is 19.6. The molecule has 0 fully saturated rings. The number of alkyl carbamates (subject to hydrolysis) is 1. The van der Waals surface area contributed by atoms with E-state index in [2.05, 4.69) is 5.32 Å². The van der Waals surface area contributed by atoms with E-state index in [1.165, 1.54) is 12.1 Å². The summed E-state index contributed by atoms with van der Waals surface area (Å²) in [5.41, 5.74) is 2.33. The van der Waals surface area contributed by atoms with Gasteiger partial charge in [0.05, 0.1) is 13.2 Å². The molecular formula is C21H23F2NO3. The minimum Gasteiger partial charge on any atom is -0.444 e. The molecule has 1 aliphatic heterocycles. The summed E-state index contributed by atoms with van der Waals surface area (Å²) in [5.74, 6) is -1.21. The van der Waals surface area contributed by atoms with Crippen LogP contribution in [0.25, 0.3) is 11.1 Å². The van der Waals surface area contributed by atoms with Gasteiger partial charge in [-0.2, -0.15) is 0 Å². The van der Waals surface area contributed by atoms with Crippen LogP contribution < -0.4 is 5.32 Å². The third-order valence-corrected chi connectivity index (χ3v) is 4.28. The number of hydrogen-bond acceptors (Lipinski definition) is 3. The fraction of sp³-hybridized carbons (Fsp3) is 0.381. The van der Waals surface area contributed by atoms with Crippen LogP contribution >= 0.6 is 0 Å². The van der Waals surface area contributed by atoms with E-state index in [9.17, 15) is 13.6 Å². The third kappa shape index (κ3) is 4.63. The van der Waals surface area contributed by atoms with Crippen molar-refractivity contribution in [3.8, 4) is 11.1 Å². The Kier molecular flexibility index (Phi) is 5.46. The van der Waals surface area contributed by atoms with Gasteiger partial charge in [0.15, 0.2) is 0 Å². The molecule has 2 aromatic carbocycles. The average molecular weight is 375 g/mol. The molecule has 1 unspecified atom stereocenters. The molecule has 1 amide bonds. The zero-order valence-electron chi connectivity index (χ0n) is 15.6. The molecule has 6 heteroatoms. The first-order valence-corrected chi connectivity index (χ1v) is 8.90. The first kappa shape index (κ1) is 19.3. The molecule has 1 heterocycles. The Bertz CT molecular complexity index is 846. The van der Waals surface area contributed by atoms with Gasteiger partial charge in [0.2, 0.25) is 0 Å². The second-order valence-electron chi connectivity index (χ2n) is 7.49. The summed E-state index contributed by atoms with van der Waals surface area (Å²) >= 11 is 0. The van der Waals surface area contributed by atoms with Gasteiger partial charge in [0.1, 0.15) is 23.3 Å². The largest absolute Gasteiger partial charge is 0.444 e. The standard InChI is InChI=1S/C21H23F2NO3/c1-21(2,3)27-20(25)24-12-19-17-6-4-5-14(15(17)9-10-26-19)16-8-7-13(22)11-18(16)23/h4-8,11,19H,9-10,12H2,1-3H3,(H,24,25). The number of hydrogen-bond donors (Lipinski definition) is 1. The second-order valence-corrected chi connectivity index (χ2v) is 7.49. The summed E-state index contributed by atoms with van der Waals surface area (Å²) in [7, 11) is 0. The highest BCUT2D eigenvalue weighted by molar-refractivity contribution is 5.70. The molecule has 1 atom stereocenters.